The van der Waals surface area contributed by atoms with Crippen LogP contribution in [0.1, 0.15) is 25.0 Å². The molecule has 2 aromatic rings. The predicted molar refractivity (Wildman–Crippen MR) is 101 cm³/mol. The lowest BCUT2D eigenvalue weighted by atomic mass is 10.1. The van der Waals surface area contributed by atoms with Crippen LogP contribution in [0.5, 0.6) is 0 Å². The van der Waals surface area contributed by atoms with E-state index in [1.54, 1.807) is 13.8 Å². The molecule has 0 radical (unpaired) electrons. The first-order chi connectivity index (χ1) is 13.0. The monoisotopic (exact) mass is 411 g/mol. The van der Waals surface area contributed by atoms with Crippen LogP contribution in [-0.2, 0) is 16.1 Å². The highest BCUT2D eigenvalue weighted by Crippen LogP contribution is 2.60. The number of esters is 1. The van der Waals surface area contributed by atoms with Crippen molar-refractivity contribution in [1.82, 2.24) is 4.57 Å². The van der Waals surface area contributed by atoms with Gasteiger partial charge in [0.05, 0.1) is 5.92 Å². The van der Waals surface area contributed by atoms with Gasteiger partial charge in [-0.15, -0.1) is 0 Å². The number of benzene rings is 1. The van der Waals surface area contributed by atoms with Gasteiger partial charge in [0.25, 0.3) is 0 Å². The van der Waals surface area contributed by atoms with Gasteiger partial charge in [0, 0.05) is 18.1 Å². The molecule has 1 heterocycles. The first-order valence-corrected chi connectivity index (χ1v) is 9.24. The van der Waals surface area contributed by atoms with Crippen LogP contribution in [0.4, 0.5) is 13.2 Å². The summed E-state index contributed by atoms with van der Waals surface area (Å²) in [5.74, 6) is -1.75. The molecule has 150 valence electrons. The first-order valence-electron chi connectivity index (χ1n) is 8.86. The number of allylic oxidation sites excluding steroid dienone is 2. The van der Waals surface area contributed by atoms with Gasteiger partial charge in [-0.3, -0.25) is 4.79 Å². The molecule has 2 atom stereocenters. The third-order valence-corrected chi connectivity index (χ3v) is 5.77. The maximum Gasteiger partial charge on any atom is 0.426 e. The normalized spacial score (nSPS) is 21.5. The van der Waals surface area contributed by atoms with E-state index in [9.17, 15) is 18.0 Å². The molecule has 7 heteroatoms. The van der Waals surface area contributed by atoms with Crippen LogP contribution in [0.25, 0.3) is 5.69 Å². The molecule has 1 aromatic carbocycles. The Hall–Kier alpha value is -2.21. The zero-order chi connectivity index (χ0) is 20.7. The standard InChI is InChI=1S/C21H21ClF3NO2/c1-13-14(7-6-8-16(13)26-9-4-5-10-26)12-28-19(27)18-15(20(18,2)3)11-17(22)21(23,24)25/h4-11,15,18H,12H2,1-3H3/t15-,18-/m0/s1. The molecule has 28 heavy (non-hydrogen) atoms. The number of aromatic nitrogens is 1. The zero-order valence-electron chi connectivity index (χ0n) is 15.8. The van der Waals surface area contributed by atoms with Crippen molar-refractivity contribution in [2.75, 3.05) is 0 Å². The minimum absolute atomic E-state index is 0.0653. The van der Waals surface area contributed by atoms with Crippen LogP contribution < -0.4 is 0 Å². The Labute approximate surface area is 166 Å². The highest BCUT2D eigenvalue weighted by Gasteiger charge is 2.62. The summed E-state index contributed by atoms with van der Waals surface area (Å²) >= 11 is 5.33. The van der Waals surface area contributed by atoms with Crippen molar-refractivity contribution in [1.29, 1.82) is 0 Å². The van der Waals surface area contributed by atoms with Gasteiger partial charge in [0.1, 0.15) is 11.6 Å². The van der Waals surface area contributed by atoms with Crippen molar-refractivity contribution in [3.8, 4) is 5.69 Å². The second-order valence-corrected chi connectivity index (χ2v) is 8.00. The Morgan fingerprint density at radius 2 is 1.89 bits per heavy atom. The van der Waals surface area contributed by atoms with Crippen molar-refractivity contribution in [3.05, 3.63) is 65.0 Å². The van der Waals surface area contributed by atoms with Gasteiger partial charge in [-0.1, -0.05) is 43.7 Å². The van der Waals surface area contributed by atoms with E-state index in [1.165, 1.54) is 0 Å². The molecule has 1 aromatic heterocycles. The second-order valence-electron chi connectivity index (χ2n) is 7.60. The minimum Gasteiger partial charge on any atom is -0.461 e. The molecule has 0 aliphatic heterocycles. The van der Waals surface area contributed by atoms with Crippen molar-refractivity contribution in [3.63, 3.8) is 0 Å². The third-order valence-electron chi connectivity index (χ3n) is 5.43. The molecule has 3 nitrogen and oxygen atoms in total. The van der Waals surface area contributed by atoms with E-state index in [1.807, 2.05) is 54.2 Å². The summed E-state index contributed by atoms with van der Waals surface area (Å²) in [5, 5.41) is -1.20. The maximum absolute atomic E-state index is 12.7. The molecule has 0 amide bonds. The number of rotatable bonds is 5. The number of halogens is 4. The number of hydrogen-bond donors (Lipinski definition) is 0. The minimum atomic E-state index is -4.61. The van der Waals surface area contributed by atoms with E-state index in [0.29, 0.717) is 0 Å². The number of nitrogens with zero attached hydrogens (tertiary/aromatic N) is 1. The molecule has 3 rings (SSSR count). The van der Waals surface area contributed by atoms with Crippen LogP contribution in [0.3, 0.4) is 0 Å². The van der Waals surface area contributed by atoms with Crippen molar-refractivity contribution in [2.45, 2.75) is 33.6 Å². The quantitative estimate of drug-likeness (QED) is 0.583. The fraction of sp³-hybridized carbons (Fsp3) is 0.381. The fourth-order valence-electron chi connectivity index (χ4n) is 3.53. The number of ether oxygens (including phenoxy) is 1. The van der Waals surface area contributed by atoms with Crippen LogP contribution in [0.2, 0.25) is 0 Å². The Morgan fingerprint density at radius 3 is 2.50 bits per heavy atom. The van der Waals surface area contributed by atoms with Crippen LogP contribution in [0.15, 0.2) is 53.8 Å². The van der Waals surface area contributed by atoms with Gasteiger partial charge < -0.3 is 9.30 Å². The average Bonchev–Trinajstić information content (AvgIpc) is 2.98. The topological polar surface area (TPSA) is 31.2 Å². The average molecular weight is 412 g/mol. The van der Waals surface area contributed by atoms with Gasteiger partial charge in [-0.2, -0.15) is 13.2 Å². The van der Waals surface area contributed by atoms with Crippen LogP contribution in [-0.4, -0.2) is 16.7 Å². The molecule has 0 saturated heterocycles. The number of hydrogen-bond acceptors (Lipinski definition) is 2. The molecule has 0 spiro atoms. The highest BCUT2D eigenvalue weighted by atomic mass is 35.5. The lowest BCUT2D eigenvalue weighted by Gasteiger charge is -2.13. The van der Waals surface area contributed by atoms with Gasteiger partial charge in [0.15, 0.2) is 0 Å². The lowest BCUT2D eigenvalue weighted by molar-refractivity contribution is -0.147. The highest BCUT2D eigenvalue weighted by molar-refractivity contribution is 6.30. The molecule has 1 aliphatic carbocycles. The molecule has 1 saturated carbocycles. The van der Waals surface area contributed by atoms with Gasteiger partial charge in [0.2, 0.25) is 0 Å². The molecular weight excluding hydrogens is 391 g/mol. The third kappa shape index (κ3) is 3.97. The van der Waals surface area contributed by atoms with E-state index < -0.39 is 34.4 Å². The Balaban J connectivity index is 1.69. The van der Waals surface area contributed by atoms with E-state index >= 15 is 0 Å². The summed E-state index contributed by atoms with van der Waals surface area (Å²) in [6.45, 7) is 5.47. The summed E-state index contributed by atoms with van der Waals surface area (Å²) < 4.78 is 45.4. The molecule has 0 unspecified atom stereocenters. The largest absolute Gasteiger partial charge is 0.461 e. The van der Waals surface area contributed by atoms with E-state index in [0.717, 1.165) is 22.9 Å². The Bertz CT molecular complexity index is 901. The van der Waals surface area contributed by atoms with Crippen molar-refractivity contribution in [2.24, 2.45) is 17.3 Å². The van der Waals surface area contributed by atoms with Gasteiger partial charge >= 0.3 is 12.1 Å². The smallest absolute Gasteiger partial charge is 0.426 e. The molecule has 1 aliphatic rings. The molecule has 1 fully saturated rings. The summed E-state index contributed by atoms with van der Waals surface area (Å²) in [7, 11) is 0. The second kappa shape index (κ2) is 7.32. The summed E-state index contributed by atoms with van der Waals surface area (Å²) in [6.07, 6.45) is 0.161. The zero-order valence-corrected chi connectivity index (χ0v) is 16.5. The summed E-state index contributed by atoms with van der Waals surface area (Å²) in [5.41, 5.74) is 2.17. The number of alkyl halides is 3. The predicted octanol–water partition coefficient (Wildman–Crippen LogP) is 5.79. The van der Waals surface area contributed by atoms with Gasteiger partial charge in [-0.25, -0.2) is 0 Å². The fourth-order valence-corrected chi connectivity index (χ4v) is 3.67. The molecular formula is C21H21ClF3NO2. The maximum atomic E-state index is 12.7. The summed E-state index contributed by atoms with van der Waals surface area (Å²) in [4.78, 5) is 12.5. The Kier molecular flexibility index (Phi) is 5.36. The first kappa shape index (κ1) is 20.5. The van der Waals surface area contributed by atoms with Crippen molar-refractivity contribution < 1.29 is 22.7 Å². The molecule has 0 N–H and O–H groups in total. The van der Waals surface area contributed by atoms with Crippen LogP contribution in [0, 0.1) is 24.2 Å². The number of carbonyl (C=O) groups excluding carboxylic acids is 1. The van der Waals surface area contributed by atoms with E-state index in [2.05, 4.69) is 0 Å². The van der Waals surface area contributed by atoms with E-state index in [4.69, 9.17) is 16.3 Å². The van der Waals surface area contributed by atoms with Crippen LogP contribution >= 0.6 is 11.6 Å². The molecule has 0 bridgehead atoms. The SMILES string of the molecule is Cc1c(COC(=O)[C@@H]2[C@H](C=C(Cl)C(F)(F)F)C2(C)C)cccc1-n1cccc1. The Morgan fingerprint density at radius 1 is 1.25 bits per heavy atom. The number of carbonyl (C=O) groups is 1. The van der Waals surface area contributed by atoms with Gasteiger partial charge in [-0.05, 0) is 47.6 Å². The van der Waals surface area contributed by atoms with E-state index in [-0.39, 0.29) is 6.61 Å². The summed E-state index contributed by atoms with van der Waals surface area (Å²) in [6, 6.07) is 9.54. The van der Waals surface area contributed by atoms with Crippen molar-refractivity contribution >= 4 is 17.6 Å². The lowest BCUT2D eigenvalue weighted by Crippen LogP contribution is -2.12.